The maximum Gasteiger partial charge on any atom is 0.416 e. The molecule has 22 heavy (non-hydrogen) atoms. The monoisotopic (exact) mass is 372 g/mol. The summed E-state index contributed by atoms with van der Waals surface area (Å²) in [5.41, 5.74) is 0.504. The fourth-order valence-electron chi connectivity index (χ4n) is 2.24. The van der Waals surface area contributed by atoms with Crippen LogP contribution in [-0.2, 0) is 11.0 Å². The van der Waals surface area contributed by atoms with Crippen LogP contribution >= 0.6 is 15.9 Å². The van der Waals surface area contributed by atoms with Crippen LogP contribution in [0.1, 0.15) is 29.0 Å². The van der Waals surface area contributed by atoms with Crippen LogP contribution in [0.4, 0.5) is 13.2 Å². The van der Waals surface area contributed by atoms with Crippen molar-refractivity contribution in [3.8, 4) is 0 Å². The number of rotatable bonds is 4. The Kier molecular flexibility index (Phi) is 4.90. The van der Waals surface area contributed by atoms with Gasteiger partial charge in [0.05, 0.1) is 12.0 Å². The Hall–Kier alpha value is -1.82. The Morgan fingerprint density at radius 3 is 2.18 bits per heavy atom. The molecule has 0 spiro atoms. The zero-order chi connectivity index (χ0) is 16.3. The van der Waals surface area contributed by atoms with Crippen molar-refractivity contribution in [2.45, 2.75) is 18.5 Å². The van der Waals surface area contributed by atoms with Gasteiger partial charge in [-0.15, -0.1) is 0 Å². The Labute approximate surface area is 133 Å². The summed E-state index contributed by atoms with van der Waals surface area (Å²) in [5.74, 6) is -1.53. The number of carboxylic acid groups (broad SMARTS) is 1. The van der Waals surface area contributed by atoms with Crippen molar-refractivity contribution >= 4 is 21.9 Å². The molecule has 116 valence electrons. The van der Waals surface area contributed by atoms with E-state index in [1.807, 2.05) is 0 Å². The normalized spacial score (nSPS) is 12.9. The predicted molar refractivity (Wildman–Crippen MR) is 79.7 cm³/mol. The number of hydrogen-bond donors (Lipinski definition) is 1. The van der Waals surface area contributed by atoms with Gasteiger partial charge in [0, 0.05) is 10.4 Å². The molecule has 1 N–H and O–H groups in total. The fraction of sp³-hybridized carbons (Fsp3) is 0.188. The number of hydrogen-bond acceptors (Lipinski definition) is 1. The molecule has 2 aromatic rings. The lowest BCUT2D eigenvalue weighted by atomic mass is 9.88. The van der Waals surface area contributed by atoms with Gasteiger partial charge in [-0.05, 0) is 29.3 Å². The molecule has 0 aliphatic carbocycles. The van der Waals surface area contributed by atoms with E-state index in [0.29, 0.717) is 5.56 Å². The molecule has 0 aliphatic rings. The van der Waals surface area contributed by atoms with Gasteiger partial charge in [0.15, 0.2) is 0 Å². The Morgan fingerprint density at radius 1 is 1.09 bits per heavy atom. The van der Waals surface area contributed by atoms with E-state index in [2.05, 4.69) is 15.9 Å². The van der Waals surface area contributed by atoms with Crippen LogP contribution in [0.2, 0.25) is 0 Å². The van der Waals surface area contributed by atoms with E-state index in [4.69, 9.17) is 5.11 Å². The summed E-state index contributed by atoms with van der Waals surface area (Å²) >= 11 is 3.36. The number of carboxylic acids is 1. The van der Waals surface area contributed by atoms with Crippen molar-refractivity contribution in [2.24, 2.45) is 0 Å². The first-order chi connectivity index (χ1) is 10.3. The van der Waals surface area contributed by atoms with Gasteiger partial charge < -0.3 is 5.11 Å². The van der Waals surface area contributed by atoms with Crippen LogP contribution in [-0.4, -0.2) is 11.1 Å². The second-order valence-corrected chi connectivity index (χ2v) is 5.65. The molecule has 0 aromatic heterocycles. The van der Waals surface area contributed by atoms with Crippen LogP contribution in [0.5, 0.6) is 0 Å². The molecule has 0 radical (unpaired) electrons. The lowest BCUT2D eigenvalue weighted by Crippen LogP contribution is -2.10. The van der Waals surface area contributed by atoms with Gasteiger partial charge in [-0.2, -0.15) is 13.2 Å². The van der Waals surface area contributed by atoms with Gasteiger partial charge >= 0.3 is 12.1 Å². The van der Waals surface area contributed by atoms with Crippen LogP contribution in [0.15, 0.2) is 53.0 Å². The van der Waals surface area contributed by atoms with Gasteiger partial charge in [-0.25, -0.2) is 0 Å². The molecular weight excluding hydrogens is 361 g/mol. The molecule has 0 bridgehead atoms. The molecular formula is C16H12BrF3O2. The van der Waals surface area contributed by atoms with E-state index in [9.17, 15) is 18.0 Å². The highest BCUT2D eigenvalue weighted by Gasteiger charge is 2.30. The standard InChI is InChI=1S/C16H12BrF3O2/c17-14-4-2-1-3-12(14)13(9-15(21)22)10-5-7-11(8-6-10)16(18,19)20/h1-8,13H,9H2,(H,21,22)/t13-/m1/s1. The minimum absolute atomic E-state index is 0.200. The van der Waals surface area contributed by atoms with Crippen molar-refractivity contribution in [1.82, 2.24) is 0 Å². The minimum Gasteiger partial charge on any atom is -0.481 e. The smallest absolute Gasteiger partial charge is 0.416 e. The fourth-order valence-corrected chi connectivity index (χ4v) is 2.81. The molecule has 0 fully saturated rings. The summed E-state index contributed by atoms with van der Waals surface area (Å²) in [7, 11) is 0. The van der Waals surface area contributed by atoms with Crippen molar-refractivity contribution in [1.29, 1.82) is 0 Å². The van der Waals surface area contributed by atoms with E-state index in [0.717, 1.165) is 22.2 Å². The average molecular weight is 373 g/mol. The summed E-state index contributed by atoms with van der Waals surface area (Å²) in [6.45, 7) is 0. The van der Waals surface area contributed by atoms with E-state index in [1.165, 1.54) is 12.1 Å². The number of benzene rings is 2. The second kappa shape index (κ2) is 6.52. The molecule has 2 nitrogen and oxygen atoms in total. The first-order valence-corrected chi connectivity index (χ1v) is 7.21. The molecule has 0 heterocycles. The SMILES string of the molecule is O=C(O)C[C@H](c1ccc(C(F)(F)F)cc1)c1ccccc1Br. The zero-order valence-electron chi connectivity index (χ0n) is 11.3. The first kappa shape index (κ1) is 16.5. The van der Waals surface area contributed by atoms with Crippen molar-refractivity contribution in [2.75, 3.05) is 0 Å². The summed E-state index contributed by atoms with van der Waals surface area (Å²) in [4.78, 5) is 11.1. The summed E-state index contributed by atoms with van der Waals surface area (Å²) in [6, 6.07) is 11.7. The first-order valence-electron chi connectivity index (χ1n) is 6.42. The van der Waals surface area contributed by atoms with Gasteiger partial charge in [0.2, 0.25) is 0 Å². The lowest BCUT2D eigenvalue weighted by molar-refractivity contribution is -0.138. The third-order valence-corrected chi connectivity index (χ3v) is 4.02. The predicted octanol–water partition coefficient (Wildman–Crippen LogP) is 5.07. The summed E-state index contributed by atoms with van der Waals surface area (Å²) < 4.78 is 38.6. The number of halogens is 4. The molecule has 0 saturated carbocycles. The van der Waals surface area contributed by atoms with Crippen LogP contribution in [0.3, 0.4) is 0 Å². The Morgan fingerprint density at radius 2 is 1.68 bits per heavy atom. The number of aliphatic carboxylic acids is 1. The molecule has 0 saturated heterocycles. The van der Waals surface area contributed by atoms with Crippen LogP contribution < -0.4 is 0 Å². The maximum absolute atomic E-state index is 12.6. The lowest BCUT2D eigenvalue weighted by Gasteiger charge is -2.18. The van der Waals surface area contributed by atoms with E-state index >= 15 is 0 Å². The summed E-state index contributed by atoms with van der Waals surface area (Å²) in [5, 5.41) is 9.09. The third-order valence-electron chi connectivity index (χ3n) is 3.30. The number of carbonyl (C=O) groups is 1. The minimum atomic E-state index is -4.41. The van der Waals surface area contributed by atoms with Gasteiger partial charge in [-0.1, -0.05) is 46.3 Å². The Bertz CT molecular complexity index is 666. The molecule has 0 amide bonds. The van der Waals surface area contributed by atoms with Crippen molar-refractivity contribution in [3.63, 3.8) is 0 Å². The third kappa shape index (κ3) is 3.88. The van der Waals surface area contributed by atoms with Gasteiger partial charge in [-0.3, -0.25) is 4.79 Å². The number of alkyl halides is 3. The largest absolute Gasteiger partial charge is 0.481 e. The van der Waals surface area contributed by atoms with Crippen LogP contribution in [0.25, 0.3) is 0 Å². The van der Waals surface area contributed by atoms with Gasteiger partial charge in [0.25, 0.3) is 0 Å². The van der Waals surface area contributed by atoms with Crippen LogP contribution in [0, 0.1) is 0 Å². The van der Waals surface area contributed by atoms with E-state index in [-0.39, 0.29) is 6.42 Å². The highest BCUT2D eigenvalue weighted by Crippen LogP contribution is 2.35. The maximum atomic E-state index is 12.6. The summed E-state index contributed by atoms with van der Waals surface area (Å²) in [6.07, 6.45) is -4.61. The average Bonchev–Trinajstić information content (AvgIpc) is 2.45. The molecule has 2 rings (SSSR count). The second-order valence-electron chi connectivity index (χ2n) is 4.79. The van der Waals surface area contributed by atoms with Crippen molar-refractivity contribution < 1.29 is 23.1 Å². The molecule has 0 aliphatic heterocycles. The Balaban J connectivity index is 2.42. The van der Waals surface area contributed by atoms with E-state index in [1.54, 1.807) is 24.3 Å². The highest BCUT2D eigenvalue weighted by molar-refractivity contribution is 9.10. The van der Waals surface area contributed by atoms with E-state index < -0.39 is 23.6 Å². The molecule has 2 aromatic carbocycles. The molecule has 0 unspecified atom stereocenters. The van der Waals surface area contributed by atoms with Crippen molar-refractivity contribution in [3.05, 3.63) is 69.7 Å². The van der Waals surface area contributed by atoms with Gasteiger partial charge in [0.1, 0.15) is 0 Å². The topological polar surface area (TPSA) is 37.3 Å². The molecule has 1 atom stereocenters. The zero-order valence-corrected chi connectivity index (χ0v) is 12.9. The quantitative estimate of drug-likeness (QED) is 0.812. The highest BCUT2D eigenvalue weighted by atomic mass is 79.9. The molecule has 6 heteroatoms.